The third kappa shape index (κ3) is 8.47. The largest absolute Gasteiger partial charge is 0.542 e. The van der Waals surface area contributed by atoms with Gasteiger partial charge in [-0.2, -0.15) is 26.3 Å². The monoisotopic (exact) mass is 889 g/mol. The fourth-order valence-electron chi connectivity index (χ4n) is 12.4. The number of carboxylic acid groups (broad SMARTS) is 3. The summed E-state index contributed by atoms with van der Waals surface area (Å²) in [4.78, 5) is 43.1. The summed E-state index contributed by atoms with van der Waals surface area (Å²) in [5.41, 5.74) is -0.698. The molecule has 2 bridgehead atoms. The number of halogens is 6. The highest BCUT2D eigenvalue weighted by Gasteiger charge is 2.64. The molecule has 0 amide bonds. The van der Waals surface area contributed by atoms with Crippen molar-refractivity contribution in [2.45, 2.75) is 162 Å². The van der Waals surface area contributed by atoms with Crippen molar-refractivity contribution in [3.05, 3.63) is 18.2 Å². The SMILES string of the molecule is CC1(C)C2CCC1(C)C(OC(F)(F)C(=O)[O-])C2.CC1(C)Oc2cccc(OC(F)(F)C(=O)[O-])c2O1.CC12CCC(=O)CC1CCC1C2CCC2(C)C(OC(F)(F)C(=O)[O-])CCC12. The van der Waals surface area contributed by atoms with Gasteiger partial charge in [-0.3, -0.25) is 4.79 Å². The molecule has 1 aromatic rings. The van der Waals surface area contributed by atoms with Gasteiger partial charge in [-0.05, 0) is 128 Å². The Hall–Kier alpha value is -3.80. The van der Waals surface area contributed by atoms with Crippen molar-refractivity contribution >= 4 is 23.7 Å². The average Bonchev–Trinajstić information content (AvgIpc) is 3.79. The van der Waals surface area contributed by atoms with E-state index in [1.54, 1.807) is 13.8 Å². The van der Waals surface area contributed by atoms with Gasteiger partial charge in [-0.1, -0.05) is 40.7 Å². The van der Waals surface area contributed by atoms with Gasteiger partial charge < -0.3 is 53.4 Å². The Labute approximate surface area is 356 Å². The minimum atomic E-state index is -4.44. The molecular weight excluding hydrogens is 834 g/mol. The number of carbonyl (C=O) groups excluding carboxylic acids is 4. The van der Waals surface area contributed by atoms with Crippen molar-refractivity contribution in [1.29, 1.82) is 0 Å². The second-order valence-corrected chi connectivity index (χ2v) is 20.0. The number of para-hydroxylation sites is 1. The molecule has 348 valence electrons. The summed E-state index contributed by atoms with van der Waals surface area (Å²) in [5.74, 6) is -6.41. The fraction of sp³-hybridized carbons (Fsp3) is 0.773. The fourth-order valence-corrected chi connectivity index (χ4v) is 12.4. The Kier molecular flexibility index (Phi) is 12.3. The van der Waals surface area contributed by atoms with Gasteiger partial charge in [0.1, 0.15) is 17.7 Å². The number of hydrogen-bond donors (Lipinski definition) is 0. The first-order chi connectivity index (χ1) is 28.4. The molecule has 62 heavy (non-hydrogen) atoms. The number of alkyl halides is 6. The number of carbonyl (C=O) groups is 4. The van der Waals surface area contributed by atoms with Crippen molar-refractivity contribution in [2.75, 3.05) is 0 Å². The standard InChI is InChI=1S/C21H30F2O4.C12H18F2O3.C11H10F2O5/c1-19-9-7-13(24)11-12(19)3-4-14-15-5-6-17(27-21(22,23)18(25)26)20(15,2)10-8-16(14)19;1-10(2)7-4-5-11(10,3)8(6-7)17-12(13,14)9(15)16;1-10(2)16-6-4-3-5-7(8(6)18-10)17-11(12,13)9(14)15/h12,14-17H,3-11H2,1-2H3,(H,25,26);7-8H,4-6H2,1-3H3,(H,15,16);3-5H,1-2H3,(H,14,15)/p-3. The molecule has 7 aliphatic rings. The summed E-state index contributed by atoms with van der Waals surface area (Å²) in [6, 6.07) is 4.03. The maximum atomic E-state index is 13.7. The normalized spacial score (nSPS) is 36.1. The lowest BCUT2D eigenvalue weighted by atomic mass is 9.45. The van der Waals surface area contributed by atoms with Gasteiger partial charge in [0.25, 0.3) is 0 Å². The second-order valence-electron chi connectivity index (χ2n) is 20.0. The van der Waals surface area contributed by atoms with Crippen LogP contribution in [-0.2, 0) is 28.7 Å². The molecule has 0 spiro atoms. The molecule has 6 aliphatic carbocycles. The van der Waals surface area contributed by atoms with Crippen molar-refractivity contribution in [1.82, 2.24) is 0 Å². The minimum absolute atomic E-state index is 0.0663. The quantitative estimate of drug-likeness (QED) is 0.272. The molecule has 1 aromatic carbocycles. The number of fused-ring (bicyclic) bond motifs is 8. The Morgan fingerprint density at radius 2 is 1.27 bits per heavy atom. The number of carboxylic acids is 3. The number of rotatable bonds is 9. The first-order valence-electron chi connectivity index (χ1n) is 21.3. The lowest BCUT2D eigenvalue weighted by Crippen LogP contribution is -2.55. The van der Waals surface area contributed by atoms with Crippen LogP contribution in [0.15, 0.2) is 18.2 Å². The molecule has 10 unspecified atom stereocenters. The maximum absolute atomic E-state index is 13.7. The van der Waals surface area contributed by atoms with E-state index in [0.29, 0.717) is 55.1 Å². The molecule has 8 rings (SSSR count). The molecule has 0 N–H and O–H groups in total. The topological polar surface area (TPSA) is 184 Å². The highest BCUT2D eigenvalue weighted by atomic mass is 19.3. The summed E-state index contributed by atoms with van der Waals surface area (Å²) >= 11 is 0. The van der Waals surface area contributed by atoms with Gasteiger partial charge in [-0.15, -0.1) is 0 Å². The van der Waals surface area contributed by atoms with Gasteiger partial charge >= 0.3 is 18.3 Å². The van der Waals surface area contributed by atoms with Crippen LogP contribution in [0.3, 0.4) is 0 Å². The maximum Gasteiger partial charge on any atom is 0.441 e. The number of ether oxygens (including phenoxy) is 5. The van der Waals surface area contributed by atoms with E-state index in [4.69, 9.17) is 14.2 Å². The van der Waals surface area contributed by atoms with Gasteiger partial charge in [0.05, 0.1) is 12.2 Å². The van der Waals surface area contributed by atoms with Gasteiger partial charge in [0.15, 0.2) is 17.5 Å². The minimum Gasteiger partial charge on any atom is -0.542 e. The van der Waals surface area contributed by atoms with Gasteiger partial charge in [-0.25, -0.2) is 0 Å². The molecule has 10 atom stereocenters. The zero-order valence-corrected chi connectivity index (χ0v) is 35.9. The van der Waals surface area contributed by atoms with Crippen molar-refractivity contribution < 1.29 is 84.5 Å². The molecule has 6 fully saturated rings. The third-order valence-electron chi connectivity index (χ3n) is 16.3. The number of ketones is 1. The number of aliphatic carboxylic acids is 3. The predicted octanol–water partition coefficient (Wildman–Crippen LogP) is 5.80. The lowest BCUT2D eigenvalue weighted by Gasteiger charge is -2.60. The van der Waals surface area contributed by atoms with Gasteiger partial charge in [0.2, 0.25) is 11.5 Å². The molecule has 1 heterocycles. The van der Waals surface area contributed by atoms with Crippen molar-refractivity contribution in [3.63, 3.8) is 0 Å². The molecule has 0 saturated heterocycles. The van der Waals surface area contributed by atoms with E-state index in [1.807, 2.05) is 27.7 Å². The van der Waals surface area contributed by atoms with Crippen LogP contribution in [0, 0.1) is 51.2 Å². The Balaban J connectivity index is 0.000000162. The average molecular weight is 890 g/mol. The highest BCUT2D eigenvalue weighted by Crippen LogP contribution is 2.68. The zero-order chi connectivity index (χ0) is 46.2. The first kappa shape index (κ1) is 47.7. The van der Waals surface area contributed by atoms with Crippen LogP contribution in [0.5, 0.6) is 17.2 Å². The van der Waals surface area contributed by atoms with E-state index in [1.165, 1.54) is 12.1 Å². The van der Waals surface area contributed by atoms with Crippen molar-refractivity contribution in [3.8, 4) is 17.2 Å². The van der Waals surface area contributed by atoms with Crippen LogP contribution in [-0.4, -0.2) is 60.0 Å². The molecule has 1 aliphatic heterocycles. The molecular formula is C44H55F6O12-3. The molecule has 6 saturated carbocycles. The summed E-state index contributed by atoms with van der Waals surface area (Å²) in [7, 11) is 0. The van der Waals surface area contributed by atoms with E-state index in [0.717, 1.165) is 57.4 Å². The van der Waals surface area contributed by atoms with Crippen LogP contribution < -0.4 is 29.5 Å². The number of hydrogen-bond acceptors (Lipinski definition) is 12. The van der Waals surface area contributed by atoms with Crippen LogP contribution in [0.2, 0.25) is 0 Å². The van der Waals surface area contributed by atoms with E-state index in [2.05, 4.69) is 16.4 Å². The van der Waals surface area contributed by atoms with E-state index < -0.39 is 65.4 Å². The summed E-state index contributed by atoms with van der Waals surface area (Å²) in [6.45, 7) is 13.5. The Morgan fingerprint density at radius 1 is 0.677 bits per heavy atom. The first-order valence-corrected chi connectivity index (χ1v) is 21.3. The highest BCUT2D eigenvalue weighted by molar-refractivity contribution is 5.79. The summed E-state index contributed by atoms with van der Waals surface area (Å²) in [6.07, 6.45) is -4.57. The smallest absolute Gasteiger partial charge is 0.441 e. The van der Waals surface area contributed by atoms with Crippen LogP contribution in [0.4, 0.5) is 26.3 Å². The zero-order valence-electron chi connectivity index (χ0n) is 35.9. The molecule has 0 aromatic heterocycles. The second kappa shape index (κ2) is 16.0. The Morgan fingerprint density at radius 3 is 1.84 bits per heavy atom. The lowest BCUT2D eigenvalue weighted by molar-refractivity contribution is -0.372. The number of benzene rings is 1. The third-order valence-corrected chi connectivity index (χ3v) is 16.3. The van der Waals surface area contributed by atoms with E-state index in [9.17, 15) is 60.8 Å². The van der Waals surface area contributed by atoms with Crippen LogP contribution >= 0.6 is 0 Å². The molecule has 12 nitrogen and oxygen atoms in total. The van der Waals surface area contributed by atoms with Crippen LogP contribution in [0.1, 0.15) is 126 Å². The van der Waals surface area contributed by atoms with E-state index >= 15 is 0 Å². The molecule has 18 heteroatoms. The van der Waals surface area contributed by atoms with E-state index in [-0.39, 0.29) is 33.7 Å². The predicted molar refractivity (Wildman–Crippen MR) is 198 cm³/mol. The molecule has 0 radical (unpaired) electrons. The Bertz CT molecular complexity index is 1920. The van der Waals surface area contributed by atoms with Gasteiger partial charge in [0, 0.05) is 26.7 Å². The summed E-state index contributed by atoms with van der Waals surface area (Å²) in [5, 5.41) is 31.2. The summed E-state index contributed by atoms with van der Waals surface area (Å²) < 4.78 is 103. The van der Waals surface area contributed by atoms with Crippen LogP contribution in [0.25, 0.3) is 0 Å². The number of Topliss-reactive ketones (excluding diaryl/α,β-unsaturated/α-hetero) is 1. The van der Waals surface area contributed by atoms with Crippen molar-refractivity contribution in [2.24, 2.45) is 51.2 Å².